The third-order valence-electron chi connectivity index (χ3n) is 3.91. The number of rotatable bonds is 5. The van der Waals surface area contributed by atoms with Crippen LogP contribution >= 0.6 is 23.2 Å². The number of hydrogen-bond donors (Lipinski definition) is 1. The molecule has 1 aromatic carbocycles. The minimum atomic E-state index is -0.505. The van der Waals surface area contributed by atoms with Gasteiger partial charge in [0.05, 0.1) is 10.0 Å². The number of likely N-dealkylation sites (tertiary alicyclic amines) is 1. The number of halogens is 2. The lowest BCUT2D eigenvalue weighted by atomic mass is 10.0. The smallest absolute Gasteiger partial charge is 0.251 e. The first-order valence-corrected chi connectivity index (χ1v) is 8.68. The third kappa shape index (κ3) is 4.85. The second-order valence-electron chi connectivity index (χ2n) is 6.32. The van der Waals surface area contributed by atoms with Crippen LogP contribution in [0.1, 0.15) is 43.5 Å². The van der Waals surface area contributed by atoms with Crippen molar-refractivity contribution in [2.75, 3.05) is 13.1 Å². The molecule has 1 aromatic rings. The molecule has 6 heteroatoms. The van der Waals surface area contributed by atoms with Gasteiger partial charge in [0.25, 0.3) is 5.91 Å². The molecule has 1 atom stereocenters. The average Bonchev–Trinajstić information content (AvgIpc) is 3.02. The zero-order valence-corrected chi connectivity index (χ0v) is 15.0. The molecule has 0 unspecified atom stereocenters. The summed E-state index contributed by atoms with van der Waals surface area (Å²) in [5, 5.41) is 3.58. The second-order valence-corrected chi connectivity index (χ2v) is 7.13. The lowest BCUT2D eigenvalue weighted by molar-refractivity contribution is -0.132. The van der Waals surface area contributed by atoms with Crippen LogP contribution in [0.5, 0.6) is 0 Å². The lowest BCUT2D eigenvalue weighted by Gasteiger charge is -2.25. The molecule has 0 aromatic heterocycles. The van der Waals surface area contributed by atoms with E-state index >= 15 is 0 Å². The molecule has 1 aliphatic rings. The van der Waals surface area contributed by atoms with Gasteiger partial charge in [0.15, 0.2) is 0 Å². The first kappa shape index (κ1) is 18.1. The Kier molecular flexibility index (Phi) is 6.31. The van der Waals surface area contributed by atoms with E-state index < -0.39 is 6.04 Å². The number of nitrogens with one attached hydrogen (secondary N) is 1. The topological polar surface area (TPSA) is 49.4 Å². The third-order valence-corrected chi connectivity index (χ3v) is 4.65. The summed E-state index contributed by atoms with van der Waals surface area (Å²) in [6.45, 7) is 5.62. The largest absolute Gasteiger partial charge is 0.341 e. The molecule has 1 N–H and O–H groups in total. The minimum absolute atomic E-state index is 0.00427. The summed E-state index contributed by atoms with van der Waals surface area (Å²) in [7, 11) is 0. The highest BCUT2D eigenvalue weighted by Gasteiger charge is 2.28. The highest BCUT2D eigenvalue weighted by Crippen LogP contribution is 2.23. The van der Waals surface area contributed by atoms with Crippen LogP contribution in [0, 0.1) is 5.92 Å². The van der Waals surface area contributed by atoms with Crippen LogP contribution in [0.3, 0.4) is 0 Å². The predicted octanol–water partition coefficient (Wildman–Crippen LogP) is 3.76. The van der Waals surface area contributed by atoms with Gasteiger partial charge in [0, 0.05) is 18.7 Å². The van der Waals surface area contributed by atoms with Crippen LogP contribution in [0.4, 0.5) is 0 Å². The van der Waals surface area contributed by atoms with Crippen molar-refractivity contribution in [2.45, 2.75) is 39.2 Å². The average molecular weight is 357 g/mol. The Morgan fingerprint density at radius 1 is 1.17 bits per heavy atom. The molecule has 2 rings (SSSR count). The van der Waals surface area contributed by atoms with Gasteiger partial charge in [0.2, 0.25) is 5.91 Å². The highest BCUT2D eigenvalue weighted by molar-refractivity contribution is 6.42. The molecule has 4 nitrogen and oxygen atoms in total. The van der Waals surface area contributed by atoms with Gasteiger partial charge in [-0.3, -0.25) is 9.59 Å². The Morgan fingerprint density at radius 2 is 1.83 bits per heavy atom. The van der Waals surface area contributed by atoms with E-state index in [0.29, 0.717) is 27.9 Å². The Bertz CT molecular complexity index is 584. The summed E-state index contributed by atoms with van der Waals surface area (Å²) in [6, 6.07) is 4.20. The summed E-state index contributed by atoms with van der Waals surface area (Å²) in [5.74, 6) is 0.00651. The SMILES string of the molecule is CC(C)C[C@@H](NC(=O)c1ccc(Cl)c(Cl)c1)C(=O)N1CCCC1. The lowest BCUT2D eigenvalue weighted by Crippen LogP contribution is -2.48. The first-order chi connectivity index (χ1) is 10.9. The van der Waals surface area contributed by atoms with E-state index in [1.807, 2.05) is 18.7 Å². The molecule has 0 saturated carbocycles. The monoisotopic (exact) mass is 356 g/mol. The van der Waals surface area contributed by atoms with Crippen LogP contribution in [0.15, 0.2) is 18.2 Å². The van der Waals surface area contributed by atoms with E-state index in [4.69, 9.17) is 23.2 Å². The summed E-state index contributed by atoms with van der Waals surface area (Å²) in [6.07, 6.45) is 2.67. The van der Waals surface area contributed by atoms with Gasteiger partial charge < -0.3 is 10.2 Å². The Morgan fingerprint density at radius 3 is 2.39 bits per heavy atom. The molecule has 0 radical (unpaired) electrons. The molecule has 1 fully saturated rings. The van der Waals surface area contributed by atoms with Crippen molar-refractivity contribution in [1.82, 2.24) is 10.2 Å². The van der Waals surface area contributed by atoms with Crippen molar-refractivity contribution in [1.29, 1.82) is 0 Å². The van der Waals surface area contributed by atoms with Crippen LogP contribution < -0.4 is 5.32 Å². The molecule has 0 spiro atoms. The molecule has 1 saturated heterocycles. The Labute approximate surface area is 147 Å². The van der Waals surface area contributed by atoms with E-state index in [2.05, 4.69) is 5.32 Å². The van der Waals surface area contributed by atoms with Crippen molar-refractivity contribution < 1.29 is 9.59 Å². The molecule has 0 bridgehead atoms. The molecule has 2 amide bonds. The zero-order valence-electron chi connectivity index (χ0n) is 13.4. The van der Waals surface area contributed by atoms with Crippen LogP contribution in [0.2, 0.25) is 10.0 Å². The number of nitrogens with zero attached hydrogens (tertiary/aromatic N) is 1. The quantitative estimate of drug-likeness (QED) is 0.872. The normalized spacial score (nSPS) is 15.8. The van der Waals surface area contributed by atoms with Gasteiger partial charge in [-0.05, 0) is 43.4 Å². The van der Waals surface area contributed by atoms with Gasteiger partial charge in [-0.2, -0.15) is 0 Å². The molecule has 126 valence electrons. The number of carbonyl (C=O) groups excluding carboxylic acids is 2. The van der Waals surface area contributed by atoms with Gasteiger partial charge in [-0.15, -0.1) is 0 Å². The van der Waals surface area contributed by atoms with Crippen molar-refractivity contribution in [3.05, 3.63) is 33.8 Å². The maximum atomic E-state index is 12.6. The van der Waals surface area contributed by atoms with Crippen LogP contribution in [-0.2, 0) is 4.79 Å². The van der Waals surface area contributed by atoms with E-state index in [9.17, 15) is 9.59 Å². The Balaban J connectivity index is 2.10. The van der Waals surface area contributed by atoms with Gasteiger partial charge >= 0.3 is 0 Å². The molecule has 1 heterocycles. The van der Waals surface area contributed by atoms with Crippen LogP contribution in [-0.4, -0.2) is 35.8 Å². The van der Waals surface area contributed by atoms with Gasteiger partial charge in [-0.1, -0.05) is 37.0 Å². The number of benzene rings is 1. The molecule has 23 heavy (non-hydrogen) atoms. The van der Waals surface area contributed by atoms with Crippen LogP contribution in [0.25, 0.3) is 0 Å². The Hall–Kier alpha value is -1.26. The van der Waals surface area contributed by atoms with E-state index in [0.717, 1.165) is 25.9 Å². The van der Waals surface area contributed by atoms with Crippen molar-refractivity contribution in [3.8, 4) is 0 Å². The second kappa shape index (κ2) is 8.02. The number of amides is 2. The fraction of sp³-hybridized carbons (Fsp3) is 0.529. The fourth-order valence-electron chi connectivity index (χ4n) is 2.73. The number of carbonyl (C=O) groups is 2. The minimum Gasteiger partial charge on any atom is -0.341 e. The molecular formula is C17H22Cl2N2O2. The summed E-state index contributed by atoms with van der Waals surface area (Å²) < 4.78 is 0. The fourth-order valence-corrected chi connectivity index (χ4v) is 3.03. The molecule has 1 aliphatic heterocycles. The predicted molar refractivity (Wildman–Crippen MR) is 93.0 cm³/mol. The summed E-state index contributed by atoms with van der Waals surface area (Å²) in [4.78, 5) is 26.9. The van der Waals surface area contributed by atoms with Crippen molar-refractivity contribution in [3.63, 3.8) is 0 Å². The van der Waals surface area contributed by atoms with E-state index in [1.54, 1.807) is 12.1 Å². The van der Waals surface area contributed by atoms with E-state index in [-0.39, 0.29) is 11.8 Å². The van der Waals surface area contributed by atoms with Gasteiger partial charge in [0.1, 0.15) is 6.04 Å². The zero-order chi connectivity index (χ0) is 17.0. The molecule has 0 aliphatic carbocycles. The summed E-state index contributed by atoms with van der Waals surface area (Å²) >= 11 is 11.8. The van der Waals surface area contributed by atoms with Gasteiger partial charge in [-0.25, -0.2) is 0 Å². The maximum absolute atomic E-state index is 12.6. The standard InChI is InChI=1S/C17H22Cl2N2O2/c1-11(2)9-15(17(23)21-7-3-4-8-21)20-16(22)12-5-6-13(18)14(19)10-12/h5-6,10-11,15H,3-4,7-9H2,1-2H3,(H,20,22)/t15-/m1/s1. The molecular weight excluding hydrogens is 335 g/mol. The highest BCUT2D eigenvalue weighted by atomic mass is 35.5. The van der Waals surface area contributed by atoms with Crippen molar-refractivity contribution >= 4 is 35.0 Å². The van der Waals surface area contributed by atoms with Crippen molar-refractivity contribution in [2.24, 2.45) is 5.92 Å². The number of hydrogen-bond acceptors (Lipinski definition) is 2. The maximum Gasteiger partial charge on any atom is 0.251 e. The summed E-state index contributed by atoms with van der Waals surface area (Å²) in [5.41, 5.74) is 0.405. The van der Waals surface area contributed by atoms with E-state index in [1.165, 1.54) is 6.07 Å². The first-order valence-electron chi connectivity index (χ1n) is 7.93.